The summed E-state index contributed by atoms with van der Waals surface area (Å²) < 4.78 is 7.18. The molecule has 0 aromatic carbocycles. The Bertz CT molecular complexity index is 281. The Morgan fingerprint density at radius 3 is 2.15 bits per heavy atom. The van der Waals surface area contributed by atoms with Gasteiger partial charge in [0.1, 0.15) is 0 Å². The second-order valence-electron chi connectivity index (χ2n) is 7.77. The highest BCUT2D eigenvalue weighted by atomic mass is 32.2. The second kappa shape index (κ2) is 7.93. The summed E-state index contributed by atoms with van der Waals surface area (Å²) >= 11 is 4.36. The minimum Gasteiger partial charge on any atom is -0.417 e. The van der Waals surface area contributed by atoms with E-state index in [4.69, 9.17) is 4.43 Å². The predicted molar refractivity (Wildman–Crippen MR) is 99.4 cm³/mol. The molecule has 0 radical (unpaired) electrons. The van der Waals surface area contributed by atoms with Gasteiger partial charge in [0.05, 0.1) is 4.58 Å². The molecule has 0 unspecified atom stereocenters. The summed E-state index contributed by atoms with van der Waals surface area (Å²) in [6, 6.07) is 0. The molecule has 0 saturated carbocycles. The van der Waals surface area contributed by atoms with Crippen LogP contribution in [0.3, 0.4) is 0 Å². The molecule has 0 amide bonds. The van der Waals surface area contributed by atoms with Gasteiger partial charge < -0.3 is 4.43 Å². The molecule has 1 rings (SSSR count). The molecule has 0 aromatic rings. The fraction of sp³-hybridized carbons (Fsp3) is 1.00. The third-order valence-electron chi connectivity index (χ3n) is 4.78. The monoisotopic (exact) mass is 334 g/mol. The van der Waals surface area contributed by atoms with Gasteiger partial charge in [0.2, 0.25) is 0 Å². The first kappa shape index (κ1) is 18.9. The molecule has 20 heavy (non-hydrogen) atoms. The summed E-state index contributed by atoms with van der Waals surface area (Å²) in [5, 5.41) is 0.328. The highest BCUT2D eigenvalue weighted by molar-refractivity contribution is 8.17. The van der Waals surface area contributed by atoms with Crippen LogP contribution in [0.1, 0.15) is 47.5 Å². The van der Waals surface area contributed by atoms with Crippen molar-refractivity contribution in [3.05, 3.63) is 0 Å². The second-order valence-corrected chi connectivity index (χ2v) is 15.4. The Balaban J connectivity index is 2.47. The number of thioether (sulfide) groups is 2. The molecule has 1 aliphatic heterocycles. The maximum Gasteiger partial charge on any atom is 0.191 e. The van der Waals surface area contributed by atoms with E-state index < -0.39 is 8.32 Å². The Morgan fingerprint density at radius 1 is 1.15 bits per heavy atom. The molecule has 1 heterocycles. The quantitative estimate of drug-likeness (QED) is 0.562. The molecule has 0 aromatic heterocycles. The summed E-state index contributed by atoms with van der Waals surface area (Å²) in [6.45, 7) is 17.4. The van der Waals surface area contributed by atoms with Gasteiger partial charge in [-0.2, -0.15) is 0 Å². The average Bonchev–Trinajstić information content (AvgIpc) is 2.34. The molecule has 0 spiro atoms. The molecule has 0 N–H and O–H groups in total. The highest BCUT2D eigenvalue weighted by Crippen LogP contribution is 2.41. The van der Waals surface area contributed by atoms with E-state index in [-0.39, 0.29) is 0 Å². The van der Waals surface area contributed by atoms with Gasteiger partial charge in [-0.15, -0.1) is 23.5 Å². The van der Waals surface area contributed by atoms with E-state index in [0.717, 1.165) is 23.0 Å². The molecule has 1 fully saturated rings. The number of rotatable bonds is 6. The van der Waals surface area contributed by atoms with Gasteiger partial charge in [0.25, 0.3) is 0 Å². The number of hydrogen-bond acceptors (Lipinski definition) is 3. The zero-order valence-electron chi connectivity index (χ0n) is 14.5. The molecule has 1 atom stereocenters. The fourth-order valence-electron chi connectivity index (χ4n) is 2.20. The maximum atomic E-state index is 6.39. The minimum absolute atomic E-state index is 0.328. The smallest absolute Gasteiger partial charge is 0.191 e. The van der Waals surface area contributed by atoms with E-state index in [9.17, 15) is 0 Å². The summed E-state index contributed by atoms with van der Waals surface area (Å²) in [4.78, 5) is 0. The van der Waals surface area contributed by atoms with Gasteiger partial charge in [-0.3, -0.25) is 0 Å². The maximum absolute atomic E-state index is 6.39. The van der Waals surface area contributed by atoms with Crippen molar-refractivity contribution < 1.29 is 4.43 Å². The van der Waals surface area contributed by atoms with Crippen molar-refractivity contribution in [3.63, 3.8) is 0 Å². The zero-order chi connectivity index (χ0) is 15.4. The lowest BCUT2D eigenvalue weighted by atomic mass is 9.95. The molecular formula is C16H34OS2Si. The van der Waals surface area contributed by atoms with Gasteiger partial charge in [-0.25, -0.2) is 0 Å². The first-order chi connectivity index (χ1) is 9.15. The Labute approximate surface area is 136 Å². The first-order valence-corrected chi connectivity index (χ1v) is 13.0. The standard InChI is InChI=1S/C16H34OS2Si/c1-13(2)14(15-18-11-8-12-19-15)9-10-17-20(6,7)16(3,4)5/h13-15H,8-12H2,1-7H3/t14-/m0/s1. The van der Waals surface area contributed by atoms with Crippen molar-refractivity contribution >= 4 is 31.8 Å². The minimum atomic E-state index is -1.57. The third-order valence-corrected chi connectivity index (χ3v) is 12.5. The lowest BCUT2D eigenvalue weighted by Crippen LogP contribution is -2.41. The van der Waals surface area contributed by atoms with E-state index in [1.807, 2.05) is 0 Å². The Morgan fingerprint density at radius 2 is 1.70 bits per heavy atom. The molecule has 1 nitrogen and oxygen atoms in total. The van der Waals surface area contributed by atoms with Crippen LogP contribution in [-0.4, -0.2) is 31.0 Å². The van der Waals surface area contributed by atoms with Gasteiger partial charge in [-0.05, 0) is 54.3 Å². The highest BCUT2D eigenvalue weighted by Gasteiger charge is 2.37. The van der Waals surface area contributed by atoms with Crippen molar-refractivity contribution in [1.29, 1.82) is 0 Å². The van der Waals surface area contributed by atoms with Crippen LogP contribution >= 0.6 is 23.5 Å². The van der Waals surface area contributed by atoms with E-state index in [0.29, 0.717) is 5.04 Å². The zero-order valence-corrected chi connectivity index (χ0v) is 17.1. The van der Waals surface area contributed by atoms with E-state index >= 15 is 0 Å². The third kappa shape index (κ3) is 5.58. The first-order valence-electron chi connectivity index (χ1n) is 8.02. The SMILES string of the molecule is CC(C)[C@H](CCO[Si](C)(C)C(C)(C)C)C1SCCCS1. The Kier molecular flexibility index (Phi) is 7.51. The van der Waals surface area contributed by atoms with Gasteiger partial charge in [-0.1, -0.05) is 34.6 Å². The summed E-state index contributed by atoms with van der Waals surface area (Å²) in [6.07, 6.45) is 2.62. The van der Waals surface area contributed by atoms with Crippen LogP contribution < -0.4 is 0 Å². The van der Waals surface area contributed by atoms with Crippen LogP contribution in [0.4, 0.5) is 0 Å². The molecular weight excluding hydrogens is 300 g/mol. The van der Waals surface area contributed by atoms with Gasteiger partial charge in [0, 0.05) is 6.61 Å². The molecule has 1 aliphatic rings. The molecule has 0 bridgehead atoms. The topological polar surface area (TPSA) is 9.23 Å². The van der Waals surface area contributed by atoms with Crippen molar-refractivity contribution in [2.75, 3.05) is 18.1 Å². The van der Waals surface area contributed by atoms with Crippen LogP contribution in [0.2, 0.25) is 18.1 Å². The fourth-order valence-corrected chi connectivity index (χ4v) is 6.89. The summed E-state index contributed by atoms with van der Waals surface area (Å²) in [5.74, 6) is 4.27. The summed E-state index contributed by atoms with van der Waals surface area (Å²) in [7, 11) is -1.57. The molecule has 4 heteroatoms. The van der Waals surface area contributed by atoms with E-state index in [1.54, 1.807) is 0 Å². The lowest BCUT2D eigenvalue weighted by Gasteiger charge is -2.38. The lowest BCUT2D eigenvalue weighted by molar-refractivity contribution is 0.239. The summed E-state index contributed by atoms with van der Waals surface area (Å²) in [5.41, 5.74) is 0. The molecule has 0 aliphatic carbocycles. The van der Waals surface area contributed by atoms with Crippen molar-refractivity contribution in [2.24, 2.45) is 11.8 Å². The largest absolute Gasteiger partial charge is 0.417 e. The Hall–Kier alpha value is 0.877. The van der Waals surface area contributed by atoms with Crippen LogP contribution in [0, 0.1) is 11.8 Å². The van der Waals surface area contributed by atoms with Crippen LogP contribution in [0.25, 0.3) is 0 Å². The van der Waals surface area contributed by atoms with Crippen molar-refractivity contribution in [2.45, 2.75) is 70.2 Å². The normalized spacial score (nSPS) is 20.4. The predicted octanol–water partition coefficient (Wildman–Crippen LogP) is 5.87. The van der Waals surface area contributed by atoms with E-state index in [2.05, 4.69) is 71.2 Å². The average molecular weight is 335 g/mol. The van der Waals surface area contributed by atoms with Crippen LogP contribution in [0.5, 0.6) is 0 Å². The number of hydrogen-bond donors (Lipinski definition) is 0. The van der Waals surface area contributed by atoms with Crippen LogP contribution in [0.15, 0.2) is 0 Å². The van der Waals surface area contributed by atoms with E-state index in [1.165, 1.54) is 24.3 Å². The van der Waals surface area contributed by atoms with Crippen LogP contribution in [-0.2, 0) is 4.43 Å². The van der Waals surface area contributed by atoms with Gasteiger partial charge >= 0.3 is 0 Å². The molecule has 120 valence electrons. The van der Waals surface area contributed by atoms with Crippen molar-refractivity contribution in [1.82, 2.24) is 0 Å². The van der Waals surface area contributed by atoms with Crippen molar-refractivity contribution in [3.8, 4) is 0 Å². The van der Waals surface area contributed by atoms with Gasteiger partial charge in [0.15, 0.2) is 8.32 Å². The molecule has 1 saturated heterocycles.